The van der Waals surface area contributed by atoms with Crippen molar-refractivity contribution in [2.75, 3.05) is 12.1 Å². The van der Waals surface area contributed by atoms with Gasteiger partial charge in [-0.15, -0.1) is 0 Å². The van der Waals surface area contributed by atoms with Gasteiger partial charge in [-0.25, -0.2) is 0 Å². The van der Waals surface area contributed by atoms with Crippen LogP contribution >= 0.6 is 0 Å². The number of anilines is 1. The Morgan fingerprint density at radius 2 is 1.62 bits per heavy atom. The summed E-state index contributed by atoms with van der Waals surface area (Å²) < 4.78 is 5.31. The maximum absolute atomic E-state index is 5.31. The number of rotatable bonds is 3. The third-order valence-electron chi connectivity index (χ3n) is 5.43. The molecule has 0 saturated carbocycles. The zero-order valence-electron chi connectivity index (χ0n) is 14.7. The maximum atomic E-state index is 5.31. The summed E-state index contributed by atoms with van der Waals surface area (Å²) in [6, 6.07) is 27.8. The number of para-hydroxylation sites is 1. The predicted molar refractivity (Wildman–Crippen MR) is 105 cm³/mol. The lowest BCUT2D eigenvalue weighted by atomic mass is 9.91. The Kier molecular flexibility index (Phi) is 3.52. The number of nitrogens with zero attached hydrogens (tertiary/aromatic N) is 2. The number of fused-ring (bicyclic) bond motifs is 3. The smallest absolute Gasteiger partial charge is 0.118 e. The van der Waals surface area contributed by atoms with Crippen molar-refractivity contribution in [2.45, 2.75) is 12.5 Å². The minimum Gasteiger partial charge on any atom is -0.497 e. The quantitative estimate of drug-likeness (QED) is 0.682. The summed E-state index contributed by atoms with van der Waals surface area (Å²) in [6.07, 6.45) is 1.04. The van der Waals surface area contributed by atoms with Gasteiger partial charge in [0.2, 0.25) is 0 Å². The highest BCUT2D eigenvalue weighted by atomic mass is 16.5. The molecule has 0 fully saturated rings. The molecule has 3 nitrogen and oxygen atoms in total. The number of hydrogen-bond donors (Lipinski definition) is 0. The summed E-state index contributed by atoms with van der Waals surface area (Å²) in [4.78, 5) is 0. The van der Waals surface area contributed by atoms with Crippen molar-refractivity contribution in [3.8, 4) is 5.75 Å². The van der Waals surface area contributed by atoms with Crippen LogP contribution in [0.2, 0.25) is 0 Å². The first-order valence-electron chi connectivity index (χ1n) is 9.00. The van der Waals surface area contributed by atoms with Crippen LogP contribution < -0.4 is 9.75 Å². The monoisotopic (exact) mass is 340 g/mol. The standard InChI is InChI=1S/C23H20N2O/c1-26-19-13-11-16(12-14-19)22-21-15-17-7-5-6-10-20(17)23(21)25(24-22)18-8-3-2-4-9-18/h2-14,21,23H,15H2,1H3/t21-,23-/m1/s1. The Hall–Kier alpha value is -3.07. The molecule has 1 aliphatic heterocycles. The number of benzene rings is 3. The molecule has 0 bridgehead atoms. The summed E-state index contributed by atoms with van der Waals surface area (Å²) in [6.45, 7) is 0. The second-order valence-electron chi connectivity index (χ2n) is 6.85. The van der Waals surface area contributed by atoms with Crippen LogP contribution in [0.3, 0.4) is 0 Å². The fourth-order valence-electron chi connectivity index (χ4n) is 4.21. The molecule has 0 N–H and O–H groups in total. The van der Waals surface area contributed by atoms with Gasteiger partial charge in [-0.05, 0) is 59.5 Å². The summed E-state index contributed by atoms with van der Waals surface area (Å²) in [5.41, 5.74) is 6.31. The lowest BCUT2D eigenvalue weighted by molar-refractivity contribution is 0.415. The number of hydrazone groups is 1. The minimum absolute atomic E-state index is 0.269. The lowest BCUT2D eigenvalue weighted by Crippen LogP contribution is -2.22. The van der Waals surface area contributed by atoms with E-state index in [1.54, 1.807) is 7.11 Å². The van der Waals surface area contributed by atoms with E-state index in [0.717, 1.165) is 23.6 Å². The van der Waals surface area contributed by atoms with Crippen LogP contribution in [0.1, 0.15) is 22.7 Å². The van der Waals surface area contributed by atoms with Crippen LogP contribution in [-0.4, -0.2) is 12.8 Å². The van der Waals surface area contributed by atoms with Crippen LogP contribution in [0, 0.1) is 5.92 Å². The summed E-state index contributed by atoms with van der Waals surface area (Å²) >= 11 is 0. The molecule has 26 heavy (non-hydrogen) atoms. The van der Waals surface area contributed by atoms with Gasteiger partial charge in [0.05, 0.1) is 24.6 Å². The molecule has 3 aromatic carbocycles. The van der Waals surface area contributed by atoms with E-state index in [0.29, 0.717) is 5.92 Å². The number of ether oxygens (including phenoxy) is 1. The van der Waals surface area contributed by atoms with Gasteiger partial charge in [-0.1, -0.05) is 42.5 Å². The van der Waals surface area contributed by atoms with Gasteiger partial charge in [0, 0.05) is 5.92 Å². The zero-order valence-corrected chi connectivity index (χ0v) is 14.7. The highest BCUT2D eigenvalue weighted by Crippen LogP contribution is 2.48. The molecule has 2 atom stereocenters. The Labute approximate surface area is 153 Å². The first-order chi connectivity index (χ1) is 12.8. The Morgan fingerprint density at radius 3 is 2.38 bits per heavy atom. The van der Waals surface area contributed by atoms with E-state index in [4.69, 9.17) is 9.84 Å². The molecule has 0 amide bonds. The molecule has 0 aromatic heterocycles. The van der Waals surface area contributed by atoms with E-state index < -0.39 is 0 Å². The summed E-state index contributed by atoms with van der Waals surface area (Å²) in [5, 5.41) is 7.28. The average molecular weight is 340 g/mol. The maximum Gasteiger partial charge on any atom is 0.118 e. The number of hydrogen-bond acceptors (Lipinski definition) is 3. The van der Waals surface area contributed by atoms with Crippen molar-refractivity contribution in [3.63, 3.8) is 0 Å². The molecule has 0 radical (unpaired) electrons. The predicted octanol–water partition coefficient (Wildman–Crippen LogP) is 4.83. The third-order valence-corrected chi connectivity index (χ3v) is 5.43. The van der Waals surface area contributed by atoms with Gasteiger partial charge >= 0.3 is 0 Å². The molecule has 2 aliphatic rings. The molecular weight excluding hydrogens is 320 g/mol. The van der Waals surface area contributed by atoms with Gasteiger partial charge < -0.3 is 4.74 Å². The van der Waals surface area contributed by atoms with Crippen molar-refractivity contribution in [1.82, 2.24) is 0 Å². The highest BCUT2D eigenvalue weighted by Gasteiger charge is 2.44. The Bertz CT molecular complexity index is 963. The Morgan fingerprint density at radius 1 is 0.885 bits per heavy atom. The molecule has 3 heteroatoms. The summed E-state index contributed by atoms with van der Waals surface area (Å²) in [5.74, 6) is 1.25. The average Bonchev–Trinajstić information content (AvgIpc) is 3.26. The van der Waals surface area contributed by atoms with Crippen molar-refractivity contribution < 1.29 is 4.74 Å². The van der Waals surface area contributed by atoms with Gasteiger partial charge in [-0.3, -0.25) is 5.01 Å². The third kappa shape index (κ3) is 2.31. The van der Waals surface area contributed by atoms with Crippen molar-refractivity contribution >= 4 is 11.4 Å². The summed E-state index contributed by atoms with van der Waals surface area (Å²) in [7, 11) is 1.70. The molecule has 0 unspecified atom stereocenters. The van der Waals surface area contributed by atoms with Crippen molar-refractivity contribution in [1.29, 1.82) is 0 Å². The molecule has 5 rings (SSSR count). The van der Waals surface area contributed by atoms with E-state index in [1.807, 2.05) is 18.2 Å². The molecule has 0 spiro atoms. The minimum atomic E-state index is 0.269. The first kappa shape index (κ1) is 15.2. The van der Waals surface area contributed by atoms with Crippen LogP contribution in [0.15, 0.2) is 84.0 Å². The van der Waals surface area contributed by atoms with E-state index in [-0.39, 0.29) is 6.04 Å². The molecule has 128 valence electrons. The largest absolute Gasteiger partial charge is 0.497 e. The second-order valence-corrected chi connectivity index (χ2v) is 6.85. The van der Waals surface area contributed by atoms with Crippen LogP contribution in [0.4, 0.5) is 5.69 Å². The topological polar surface area (TPSA) is 24.8 Å². The molecule has 3 aromatic rings. The molecule has 1 aliphatic carbocycles. The molecular formula is C23H20N2O. The first-order valence-corrected chi connectivity index (χ1v) is 9.00. The zero-order chi connectivity index (χ0) is 17.5. The van der Waals surface area contributed by atoms with E-state index in [2.05, 4.69) is 65.7 Å². The van der Waals surface area contributed by atoms with Gasteiger partial charge in [-0.2, -0.15) is 5.10 Å². The SMILES string of the molecule is COc1ccc(C2=NN(c3ccccc3)[C@@H]3c4ccccc4C[C@H]23)cc1. The highest BCUT2D eigenvalue weighted by molar-refractivity contribution is 6.05. The van der Waals surface area contributed by atoms with E-state index in [1.165, 1.54) is 16.7 Å². The fourth-order valence-corrected chi connectivity index (χ4v) is 4.21. The van der Waals surface area contributed by atoms with E-state index >= 15 is 0 Å². The van der Waals surface area contributed by atoms with Gasteiger partial charge in [0.15, 0.2) is 0 Å². The fraction of sp³-hybridized carbons (Fsp3) is 0.174. The van der Waals surface area contributed by atoms with E-state index in [9.17, 15) is 0 Å². The van der Waals surface area contributed by atoms with Gasteiger partial charge in [0.1, 0.15) is 5.75 Å². The normalized spacial score (nSPS) is 20.5. The second kappa shape index (κ2) is 6.03. The number of methoxy groups -OCH3 is 1. The van der Waals surface area contributed by atoms with Crippen LogP contribution in [-0.2, 0) is 6.42 Å². The van der Waals surface area contributed by atoms with Crippen molar-refractivity contribution in [3.05, 3.63) is 95.6 Å². The molecule has 1 heterocycles. The van der Waals surface area contributed by atoms with Crippen LogP contribution in [0.25, 0.3) is 0 Å². The molecule has 0 saturated heterocycles. The van der Waals surface area contributed by atoms with Gasteiger partial charge in [0.25, 0.3) is 0 Å². The lowest BCUT2D eigenvalue weighted by Gasteiger charge is -2.24. The Balaban J connectivity index is 1.62. The van der Waals surface area contributed by atoms with Crippen molar-refractivity contribution in [2.24, 2.45) is 11.0 Å². The van der Waals surface area contributed by atoms with Crippen LogP contribution in [0.5, 0.6) is 5.75 Å².